The lowest BCUT2D eigenvalue weighted by Gasteiger charge is -2.17. The second-order valence-corrected chi connectivity index (χ2v) is 4.54. The summed E-state index contributed by atoms with van der Waals surface area (Å²) in [6.45, 7) is 2.28. The third kappa shape index (κ3) is 3.00. The molecule has 1 unspecified atom stereocenters. The number of methoxy groups -OCH3 is 1. The van der Waals surface area contributed by atoms with Crippen LogP contribution in [0.5, 0.6) is 0 Å². The quantitative estimate of drug-likeness (QED) is 0.913. The highest BCUT2D eigenvalue weighted by Crippen LogP contribution is 2.28. The highest BCUT2D eigenvalue weighted by atomic mass is 19.1. The van der Waals surface area contributed by atoms with E-state index in [1.54, 1.807) is 13.2 Å². The molecule has 2 nitrogen and oxygen atoms in total. The first-order valence-electron chi connectivity index (χ1n) is 6.14. The largest absolute Gasteiger partial charge is 0.384 e. The van der Waals surface area contributed by atoms with E-state index in [-0.39, 0.29) is 5.82 Å². The summed E-state index contributed by atoms with van der Waals surface area (Å²) in [6, 6.07) is 11.9. The number of hydrogen-bond acceptors (Lipinski definition) is 2. The smallest absolute Gasteiger partial charge is 0.123 e. The van der Waals surface area contributed by atoms with Crippen LogP contribution in [0.15, 0.2) is 42.5 Å². The van der Waals surface area contributed by atoms with Gasteiger partial charge in [-0.25, -0.2) is 4.39 Å². The number of aliphatic hydroxyl groups is 1. The molecule has 2 aromatic rings. The molecule has 0 heterocycles. The van der Waals surface area contributed by atoms with Crippen molar-refractivity contribution in [3.05, 3.63) is 70.5 Å². The van der Waals surface area contributed by atoms with Gasteiger partial charge in [0.25, 0.3) is 0 Å². The van der Waals surface area contributed by atoms with Crippen molar-refractivity contribution >= 4 is 0 Å². The number of benzene rings is 2. The van der Waals surface area contributed by atoms with Crippen LogP contribution in [0.2, 0.25) is 0 Å². The van der Waals surface area contributed by atoms with Crippen molar-refractivity contribution in [3.63, 3.8) is 0 Å². The van der Waals surface area contributed by atoms with Crippen LogP contribution in [-0.2, 0) is 11.3 Å². The van der Waals surface area contributed by atoms with Gasteiger partial charge in [-0.05, 0) is 41.3 Å². The van der Waals surface area contributed by atoms with Gasteiger partial charge in [-0.15, -0.1) is 0 Å². The van der Waals surface area contributed by atoms with Gasteiger partial charge in [-0.1, -0.05) is 30.3 Å². The minimum absolute atomic E-state index is 0.344. The second-order valence-electron chi connectivity index (χ2n) is 4.54. The lowest BCUT2D eigenvalue weighted by atomic mass is 9.94. The third-order valence-corrected chi connectivity index (χ3v) is 3.19. The summed E-state index contributed by atoms with van der Waals surface area (Å²) in [5, 5.41) is 10.5. The molecule has 2 aromatic carbocycles. The molecule has 0 aromatic heterocycles. The fraction of sp³-hybridized carbons (Fsp3) is 0.250. The molecule has 0 radical (unpaired) electrons. The van der Waals surface area contributed by atoms with Crippen molar-refractivity contribution in [2.45, 2.75) is 19.6 Å². The van der Waals surface area contributed by atoms with Gasteiger partial charge in [0.05, 0.1) is 6.61 Å². The van der Waals surface area contributed by atoms with Crippen LogP contribution in [0.3, 0.4) is 0 Å². The Morgan fingerprint density at radius 3 is 2.63 bits per heavy atom. The van der Waals surface area contributed by atoms with E-state index in [4.69, 9.17) is 4.74 Å². The molecule has 0 amide bonds. The molecule has 100 valence electrons. The minimum Gasteiger partial charge on any atom is -0.384 e. The summed E-state index contributed by atoms with van der Waals surface area (Å²) >= 11 is 0. The minimum atomic E-state index is -0.845. The highest BCUT2D eigenvalue weighted by molar-refractivity contribution is 5.39. The van der Waals surface area contributed by atoms with Gasteiger partial charge in [0.2, 0.25) is 0 Å². The molecule has 0 aliphatic carbocycles. The SMILES string of the molecule is COCc1ccccc1C(O)c1cc(F)ccc1C. The molecule has 0 bridgehead atoms. The second kappa shape index (κ2) is 5.95. The normalized spacial score (nSPS) is 12.4. The Hall–Kier alpha value is -1.71. The van der Waals surface area contributed by atoms with Gasteiger partial charge in [-0.2, -0.15) is 0 Å². The predicted molar refractivity (Wildman–Crippen MR) is 72.4 cm³/mol. The molecule has 19 heavy (non-hydrogen) atoms. The van der Waals surface area contributed by atoms with Crippen LogP contribution >= 0.6 is 0 Å². The molecular weight excluding hydrogens is 243 g/mol. The van der Waals surface area contributed by atoms with Gasteiger partial charge < -0.3 is 9.84 Å². The van der Waals surface area contributed by atoms with Crippen molar-refractivity contribution in [1.29, 1.82) is 0 Å². The van der Waals surface area contributed by atoms with Crippen molar-refractivity contribution in [1.82, 2.24) is 0 Å². The van der Waals surface area contributed by atoms with Gasteiger partial charge >= 0.3 is 0 Å². The summed E-state index contributed by atoms with van der Waals surface area (Å²) in [5.41, 5.74) is 3.10. The van der Waals surface area contributed by atoms with Crippen LogP contribution in [-0.4, -0.2) is 12.2 Å². The lowest BCUT2D eigenvalue weighted by molar-refractivity contribution is 0.176. The Bertz CT molecular complexity index is 566. The summed E-state index contributed by atoms with van der Waals surface area (Å²) in [5.74, 6) is -0.344. The summed E-state index contributed by atoms with van der Waals surface area (Å²) < 4.78 is 18.5. The Labute approximate surface area is 112 Å². The fourth-order valence-electron chi connectivity index (χ4n) is 2.16. The van der Waals surface area contributed by atoms with E-state index in [2.05, 4.69) is 0 Å². The van der Waals surface area contributed by atoms with Crippen molar-refractivity contribution in [2.24, 2.45) is 0 Å². The Kier molecular flexibility index (Phi) is 4.30. The molecule has 1 N–H and O–H groups in total. The summed E-state index contributed by atoms with van der Waals surface area (Å²) in [7, 11) is 1.61. The third-order valence-electron chi connectivity index (χ3n) is 3.19. The van der Waals surface area contributed by atoms with E-state index in [0.29, 0.717) is 12.2 Å². The number of rotatable bonds is 4. The van der Waals surface area contributed by atoms with Crippen molar-refractivity contribution in [2.75, 3.05) is 7.11 Å². The molecule has 2 rings (SSSR count). The maximum Gasteiger partial charge on any atom is 0.123 e. The van der Waals surface area contributed by atoms with Crippen LogP contribution in [0.4, 0.5) is 4.39 Å². The zero-order chi connectivity index (χ0) is 13.8. The Morgan fingerprint density at radius 2 is 1.89 bits per heavy atom. The van der Waals surface area contributed by atoms with Gasteiger partial charge in [0.1, 0.15) is 11.9 Å². The van der Waals surface area contributed by atoms with E-state index >= 15 is 0 Å². The number of aliphatic hydroxyl groups excluding tert-OH is 1. The predicted octanol–water partition coefficient (Wildman–Crippen LogP) is 3.36. The monoisotopic (exact) mass is 260 g/mol. The van der Waals surface area contributed by atoms with E-state index in [0.717, 1.165) is 16.7 Å². The maximum absolute atomic E-state index is 13.3. The molecule has 0 saturated heterocycles. The van der Waals surface area contributed by atoms with Gasteiger partial charge in [0, 0.05) is 7.11 Å². The summed E-state index contributed by atoms with van der Waals surface area (Å²) in [6.07, 6.45) is -0.845. The van der Waals surface area contributed by atoms with Crippen molar-refractivity contribution < 1.29 is 14.2 Å². The Morgan fingerprint density at radius 1 is 1.16 bits per heavy atom. The first kappa shape index (κ1) is 13.7. The number of halogens is 1. The molecular formula is C16H17FO2. The average Bonchev–Trinajstić information content (AvgIpc) is 2.42. The molecule has 0 saturated carbocycles. The van der Waals surface area contributed by atoms with E-state index in [1.807, 2.05) is 31.2 Å². The number of hydrogen-bond donors (Lipinski definition) is 1. The number of ether oxygens (including phenoxy) is 1. The highest BCUT2D eigenvalue weighted by Gasteiger charge is 2.16. The zero-order valence-electron chi connectivity index (χ0n) is 11.1. The van der Waals surface area contributed by atoms with Gasteiger partial charge in [0.15, 0.2) is 0 Å². The van der Waals surface area contributed by atoms with Crippen LogP contribution in [0, 0.1) is 12.7 Å². The average molecular weight is 260 g/mol. The molecule has 0 aliphatic rings. The topological polar surface area (TPSA) is 29.5 Å². The molecule has 0 aliphatic heterocycles. The van der Waals surface area contributed by atoms with E-state index in [1.165, 1.54) is 12.1 Å². The van der Waals surface area contributed by atoms with Gasteiger partial charge in [-0.3, -0.25) is 0 Å². The lowest BCUT2D eigenvalue weighted by Crippen LogP contribution is -2.06. The van der Waals surface area contributed by atoms with E-state index in [9.17, 15) is 9.50 Å². The molecule has 0 spiro atoms. The fourth-order valence-corrected chi connectivity index (χ4v) is 2.16. The van der Waals surface area contributed by atoms with Crippen molar-refractivity contribution in [3.8, 4) is 0 Å². The van der Waals surface area contributed by atoms with Crippen LogP contribution < -0.4 is 0 Å². The first-order chi connectivity index (χ1) is 9.13. The number of aryl methyl sites for hydroxylation is 1. The van der Waals surface area contributed by atoms with Crippen LogP contribution in [0.25, 0.3) is 0 Å². The first-order valence-corrected chi connectivity index (χ1v) is 6.14. The maximum atomic E-state index is 13.3. The zero-order valence-corrected chi connectivity index (χ0v) is 11.1. The summed E-state index contributed by atoms with van der Waals surface area (Å²) in [4.78, 5) is 0. The molecule has 3 heteroatoms. The van der Waals surface area contributed by atoms with E-state index < -0.39 is 6.10 Å². The van der Waals surface area contributed by atoms with Crippen LogP contribution in [0.1, 0.15) is 28.4 Å². The molecule has 0 fully saturated rings. The standard InChI is InChI=1S/C16H17FO2/c1-11-7-8-13(17)9-15(11)16(18)14-6-4-3-5-12(14)10-19-2/h3-9,16,18H,10H2,1-2H3. The molecule has 1 atom stereocenters. The Balaban J connectivity index is 2.43.